The van der Waals surface area contributed by atoms with Crippen LogP contribution in [0, 0.1) is 17.8 Å². The Balaban J connectivity index is 1.55. The second kappa shape index (κ2) is 5.17. The topological polar surface area (TPSA) is 52.6 Å². The van der Waals surface area contributed by atoms with Crippen molar-refractivity contribution in [3.05, 3.63) is 0 Å². The summed E-state index contributed by atoms with van der Waals surface area (Å²) in [7, 11) is 0. The second-order valence-corrected chi connectivity index (χ2v) is 6.23. The summed E-state index contributed by atoms with van der Waals surface area (Å²) >= 11 is 0. The highest BCUT2D eigenvalue weighted by Gasteiger charge is 2.48. The van der Waals surface area contributed by atoms with E-state index in [0.29, 0.717) is 18.5 Å². The van der Waals surface area contributed by atoms with E-state index < -0.39 is 0 Å². The lowest BCUT2D eigenvalue weighted by Gasteiger charge is -2.28. The Labute approximate surface area is 109 Å². The maximum absolute atomic E-state index is 12.5. The first kappa shape index (κ1) is 12.4. The molecule has 2 saturated carbocycles. The van der Waals surface area contributed by atoms with Crippen molar-refractivity contribution in [3.63, 3.8) is 0 Å². The monoisotopic (exact) mass is 252 g/mol. The van der Waals surface area contributed by atoms with Crippen LogP contribution in [0.5, 0.6) is 0 Å². The minimum absolute atomic E-state index is 0.0814. The molecule has 3 aliphatic rings. The molecule has 4 heteroatoms. The van der Waals surface area contributed by atoms with Crippen molar-refractivity contribution in [3.8, 4) is 0 Å². The van der Waals surface area contributed by atoms with Crippen molar-refractivity contribution in [2.45, 2.75) is 38.1 Å². The molecule has 0 aromatic rings. The molecule has 3 atom stereocenters. The smallest absolute Gasteiger partial charge is 0.225 e. The lowest BCUT2D eigenvalue weighted by Crippen LogP contribution is -2.44. The first-order valence-corrected chi connectivity index (χ1v) is 7.41. The minimum atomic E-state index is 0.0814. The third kappa shape index (κ3) is 2.54. The Bertz CT molecular complexity index is 305. The number of fused-ring (bicyclic) bond motifs is 1. The highest BCUT2D eigenvalue weighted by atomic mass is 16.3. The maximum Gasteiger partial charge on any atom is 0.225 e. The first-order valence-electron chi connectivity index (χ1n) is 7.41. The van der Waals surface area contributed by atoms with Crippen molar-refractivity contribution in [2.24, 2.45) is 17.8 Å². The Morgan fingerprint density at radius 3 is 2.67 bits per heavy atom. The predicted molar refractivity (Wildman–Crippen MR) is 69.0 cm³/mol. The van der Waals surface area contributed by atoms with Crippen molar-refractivity contribution in [1.82, 2.24) is 10.2 Å². The third-order valence-electron chi connectivity index (χ3n) is 4.88. The average Bonchev–Trinajstić information content (AvgIpc) is 2.83. The van der Waals surface area contributed by atoms with E-state index in [1.54, 1.807) is 0 Å². The quantitative estimate of drug-likeness (QED) is 0.753. The van der Waals surface area contributed by atoms with Gasteiger partial charge in [-0.2, -0.15) is 0 Å². The molecule has 1 amide bonds. The molecule has 0 spiro atoms. The van der Waals surface area contributed by atoms with Crippen LogP contribution in [-0.4, -0.2) is 48.2 Å². The van der Waals surface area contributed by atoms with E-state index >= 15 is 0 Å². The van der Waals surface area contributed by atoms with Crippen LogP contribution in [0.25, 0.3) is 0 Å². The van der Waals surface area contributed by atoms with Crippen LogP contribution in [0.3, 0.4) is 0 Å². The van der Waals surface area contributed by atoms with Gasteiger partial charge in [0, 0.05) is 25.0 Å². The predicted octanol–water partition coefficient (Wildman–Crippen LogP) is 0.605. The van der Waals surface area contributed by atoms with Crippen molar-refractivity contribution in [1.29, 1.82) is 0 Å². The summed E-state index contributed by atoms with van der Waals surface area (Å²) in [6.07, 6.45) is 5.92. The molecule has 0 aromatic carbocycles. The van der Waals surface area contributed by atoms with Gasteiger partial charge in [0.25, 0.3) is 0 Å². The average molecular weight is 252 g/mol. The van der Waals surface area contributed by atoms with Crippen LogP contribution in [0.4, 0.5) is 0 Å². The Morgan fingerprint density at radius 1 is 1.28 bits per heavy atom. The van der Waals surface area contributed by atoms with E-state index in [4.69, 9.17) is 5.11 Å². The van der Waals surface area contributed by atoms with Gasteiger partial charge < -0.3 is 15.3 Å². The molecule has 0 bridgehead atoms. The molecule has 102 valence electrons. The minimum Gasteiger partial charge on any atom is -0.395 e. The van der Waals surface area contributed by atoms with Gasteiger partial charge in [-0.05, 0) is 50.5 Å². The van der Waals surface area contributed by atoms with Gasteiger partial charge >= 0.3 is 0 Å². The summed E-state index contributed by atoms with van der Waals surface area (Å²) in [5, 5.41) is 12.6. The lowest BCUT2D eigenvalue weighted by molar-refractivity contribution is -0.136. The molecule has 1 heterocycles. The number of nitrogens with one attached hydrogen (secondary N) is 1. The van der Waals surface area contributed by atoms with Gasteiger partial charge in [-0.1, -0.05) is 0 Å². The lowest BCUT2D eigenvalue weighted by atomic mass is 10.0. The number of hydrogen-bond donors (Lipinski definition) is 2. The van der Waals surface area contributed by atoms with Gasteiger partial charge in [0.05, 0.1) is 6.61 Å². The zero-order valence-corrected chi connectivity index (χ0v) is 11.0. The molecule has 2 N–H and O–H groups in total. The number of carbonyl (C=O) groups excluding carboxylic acids is 1. The number of amides is 1. The van der Waals surface area contributed by atoms with Gasteiger partial charge in [-0.3, -0.25) is 4.79 Å². The zero-order chi connectivity index (χ0) is 12.5. The van der Waals surface area contributed by atoms with Crippen LogP contribution < -0.4 is 5.32 Å². The Morgan fingerprint density at radius 2 is 2.06 bits per heavy atom. The summed E-state index contributed by atoms with van der Waals surface area (Å²) in [5.41, 5.74) is 0. The molecule has 2 aliphatic carbocycles. The van der Waals surface area contributed by atoms with E-state index in [1.807, 2.05) is 4.90 Å². The summed E-state index contributed by atoms with van der Waals surface area (Å²) in [4.78, 5) is 14.4. The third-order valence-corrected chi connectivity index (χ3v) is 4.88. The first-order chi connectivity index (χ1) is 8.78. The number of nitrogens with zero attached hydrogens (tertiary/aromatic N) is 1. The highest BCUT2D eigenvalue weighted by Crippen LogP contribution is 2.54. The number of hydrogen-bond acceptors (Lipinski definition) is 3. The summed E-state index contributed by atoms with van der Waals surface area (Å²) < 4.78 is 0. The summed E-state index contributed by atoms with van der Waals surface area (Å²) in [6, 6.07) is 0.441. The molecule has 1 saturated heterocycles. The zero-order valence-electron chi connectivity index (χ0n) is 11.0. The fraction of sp³-hybridized carbons (Fsp3) is 0.929. The fourth-order valence-electron chi connectivity index (χ4n) is 3.77. The Hall–Kier alpha value is -0.610. The molecule has 3 fully saturated rings. The van der Waals surface area contributed by atoms with E-state index in [0.717, 1.165) is 44.2 Å². The van der Waals surface area contributed by atoms with Crippen LogP contribution in [0.2, 0.25) is 0 Å². The standard InChI is InChI=1S/C14H24N2O2/c17-5-4-16(9-13-2-1-3-15-13)14(18)12-7-10-6-11(10)8-12/h10-13,15,17H,1-9H2. The normalized spacial score (nSPS) is 37.6. The molecule has 1 aliphatic heterocycles. The molecular weight excluding hydrogens is 228 g/mol. The number of carbonyl (C=O) groups is 1. The van der Waals surface area contributed by atoms with Crippen molar-refractivity contribution >= 4 is 5.91 Å². The van der Waals surface area contributed by atoms with Crippen molar-refractivity contribution < 1.29 is 9.90 Å². The van der Waals surface area contributed by atoms with Crippen LogP contribution >= 0.6 is 0 Å². The molecule has 18 heavy (non-hydrogen) atoms. The molecular formula is C14H24N2O2. The van der Waals surface area contributed by atoms with E-state index in [9.17, 15) is 4.79 Å². The van der Waals surface area contributed by atoms with E-state index in [1.165, 1.54) is 12.8 Å². The Kier molecular flexibility index (Phi) is 3.57. The van der Waals surface area contributed by atoms with Crippen molar-refractivity contribution in [2.75, 3.05) is 26.2 Å². The van der Waals surface area contributed by atoms with Gasteiger partial charge in [0.15, 0.2) is 0 Å². The molecule has 3 rings (SSSR count). The fourth-order valence-corrected chi connectivity index (χ4v) is 3.77. The van der Waals surface area contributed by atoms with E-state index in [-0.39, 0.29) is 12.5 Å². The number of aliphatic hydroxyl groups excluding tert-OH is 1. The number of rotatable bonds is 5. The van der Waals surface area contributed by atoms with Crippen LogP contribution in [0.15, 0.2) is 0 Å². The SMILES string of the molecule is O=C(C1CC2CC2C1)N(CCO)CC1CCCN1. The number of aliphatic hydroxyl groups is 1. The second-order valence-electron chi connectivity index (χ2n) is 6.23. The molecule has 0 aromatic heterocycles. The summed E-state index contributed by atoms with van der Waals surface area (Å²) in [5.74, 6) is 2.24. The maximum atomic E-state index is 12.5. The summed E-state index contributed by atoms with van der Waals surface area (Å²) in [6.45, 7) is 2.44. The van der Waals surface area contributed by atoms with Gasteiger partial charge in [-0.15, -0.1) is 0 Å². The van der Waals surface area contributed by atoms with Gasteiger partial charge in [0.2, 0.25) is 5.91 Å². The van der Waals surface area contributed by atoms with Gasteiger partial charge in [-0.25, -0.2) is 0 Å². The van der Waals surface area contributed by atoms with Crippen LogP contribution in [-0.2, 0) is 4.79 Å². The molecule has 0 radical (unpaired) electrons. The van der Waals surface area contributed by atoms with E-state index in [2.05, 4.69) is 5.32 Å². The largest absolute Gasteiger partial charge is 0.395 e. The van der Waals surface area contributed by atoms with Gasteiger partial charge in [0.1, 0.15) is 0 Å². The molecule has 4 nitrogen and oxygen atoms in total. The van der Waals surface area contributed by atoms with Crippen LogP contribution in [0.1, 0.15) is 32.1 Å². The molecule has 3 unspecified atom stereocenters. The highest BCUT2D eigenvalue weighted by molar-refractivity contribution is 5.79.